The van der Waals surface area contributed by atoms with Gasteiger partial charge in [-0.05, 0) is 42.0 Å². The Morgan fingerprint density at radius 2 is 1.90 bits per heavy atom. The van der Waals surface area contributed by atoms with Crippen LogP contribution in [0.2, 0.25) is 0 Å². The number of nitrogens with two attached hydrogens (primary N) is 1. The molecule has 0 saturated carbocycles. The Balaban J connectivity index is 1.46. The van der Waals surface area contributed by atoms with Crippen LogP contribution in [0, 0.1) is 0 Å². The Morgan fingerprint density at radius 3 is 2.73 bits per heavy atom. The molecule has 0 fully saturated rings. The first-order valence-corrected chi connectivity index (χ1v) is 10.5. The maximum atomic E-state index is 6.61. The molecule has 1 aromatic heterocycles. The molecule has 0 bridgehead atoms. The van der Waals surface area contributed by atoms with E-state index in [1.807, 2.05) is 41.3 Å². The third-order valence-corrected chi connectivity index (χ3v) is 6.70. The molecule has 6 nitrogen and oxygen atoms in total. The van der Waals surface area contributed by atoms with Gasteiger partial charge in [0.25, 0.3) is 0 Å². The number of thioether (sulfide) groups is 1. The summed E-state index contributed by atoms with van der Waals surface area (Å²) in [6.07, 6.45) is 3.50. The summed E-state index contributed by atoms with van der Waals surface area (Å²) < 4.78 is 10.9. The fraction of sp³-hybridized carbons (Fsp3) is 0.130. The smallest absolute Gasteiger partial charge is 0.227 e. The fourth-order valence-electron chi connectivity index (χ4n) is 4.09. The number of rotatable bonds is 3. The summed E-state index contributed by atoms with van der Waals surface area (Å²) in [5.41, 5.74) is 11.5. The minimum Gasteiger partial charge on any atom is -0.497 e. The lowest BCUT2D eigenvalue weighted by atomic mass is 10.1. The summed E-state index contributed by atoms with van der Waals surface area (Å²) in [5, 5.41) is 0.654. The molecule has 2 atom stereocenters. The zero-order chi connectivity index (χ0) is 20.2. The number of nitrogens with zero attached hydrogens (tertiary/aromatic N) is 3. The largest absolute Gasteiger partial charge is 0.497 e. The van der Waals surface area contributed by atoms with E-state index in [-0.39, 0.29) is 11.5 Å². The maximum absolute atomic E-state index is 6.61. The second-order valence-corrected chi connectivity index (χ2v) is 8.38. The number of furan rings is 1. The zero-order valence-corrected chi connectivity index (χ0v) is 17.0. The van der Waals surface area contributed by atoms with E-state index in [2.05, 4.69) is 24.3 Å². The van der Waals surface area contributed by atoms with Gasteiger partial charge in [-0.15, -0.1) is 0 Å². The number of allylic oxidation sites excluding steroid dienone is 1. The number of benzene rings is 2. The Kier molecular flexibility index (Phi) is 3.79. The number of ether oxygens (including phenoxy) is 1. The van der Waals surface area contributed by atoms with Gasteiger partial charge in [-0.3, -0.25) is 4.99 Å². The summed E-state index contributed by atoms with van der Waals surface area (Å²) in [5.74, 6) is 1.40. The van der Waals surface area contributed by atoms with Gasteiger partial charge in [-0.25, -0.2) is 4.99 Å². The van der Waals surface area contributed by atoms with E-state index in [9.17, 15) is 0 Å². The summed E-state index contributed by atoms with van der Waals surface area (Å²) in [6, 6.07) is 18.0. The molecule has 2 aromatic carbocycles. The quantitative estimate of drug-likeness (QED) is 0.713. The van der Waals surface area contributed by atoms with Crippen molar-refractivity contribution in [1.29, 1.82) is 0 Å². The van der Waals surface area contributed by atoms with Crippen LogP contribution in [0.5, 0.6) is 5.75 Å². The predicted octanol–water partition coefficient (Wildman–Crippen LogP) is 2.70. The first kappa shape index (κ1) is 17.4. The SMILES string of the molecule is COc1ccc(N2C(N)=c3ccoc3=NC2C2N=C3C(=Cc4ccccc43)S2)cc1. The molecular weight excluding hydrogens is 396 g/mol. The highest BCUT2D eigenvalue weighted by atomic mass is 32.2. The molecule has 30 heavy (non-hydrogen) atoms. The van der Waals surface area contributed by atoms with Crippen LogP contribution in [0.25, 0.3) is 11.9 Å². The van der Waals surface area contributed by atoms with Gasteiger partial charge in [0.05, 0.1) is 24.3 Å². The lowest BCUT2D eigenvalue weighted by Gasteiger charge is -2.34. The third-order valence-electron chi connectivity index (χ3n) is 5.54. The Labute approximate surface area is 177 Å². The molecule has 7 heteroatoms. The molecular formula is C23H18N4O2S. The molecule has 3 aliphatic rings. The van der Waals surface area contributed by atoms with Gasteiger partial charge in [0.15, 0.2) is 6.17 Å². The molecule has 0 amide bonds. The number of hydrogen-bond acceptors (Lipinski definition) is 7. The van der Waals surface area contributed by atoms with E-state index in [0.717, 1.165) is 22.4 Å². The predicted molar refractivity (Wildman–Crippen MR) is 119 cm³/mol. The van der Waals surface area contributed by atoms with Crippen LogP contribution in [-0.2, 0) is 0 Å². The highest BCUT2D eigenvalue weighted by Crippen LogP contribution is 2.44. The normalized spacial score (nSPS) is 21.4. The zero-order valence-electron chi connectivity index (χ0n) is 16.1. The van der Waals surface area contributed by atoms with Crippen molar-refractivity contribution in [2.75, 3.05) is 12.0 Å². The number of hydrogen-bond donors (Lipinski definition) is 1. The Hall–Kier alpha value is -3.45. The van der Waals surface area contributed by atoms with Gasteiger partial charge < -0.3 is 19.8 Å². The number of methoxy groups -OCH3 is 1. The van der Waals surface area contributed by atoms with Crippen LogP contribution in [0.4, 0.5) is 5.69 Å². The lowest BCUT2D eigenvalue weighted by molar-refractivity contribution is 0.414. The van der Waals surface area contributed by atoms with Crippen molar-refractivity contribution >= 4 is 35.1 Å². The van der Waals surface area contributed by atoms with E-state index in [0.29, 0.717) is 11.4 Å². The second-order valence-electron chi connectivity index (χ2n) is 7.22. The van der Waals surface area contributed by atoms with E-state index < -0.39 is 0 Å². The van der Waals surface area contributed by atoms with E-state index in [1.165, 1.54) is 16.0 Å². The van der Waals surface area contributed by atoms with Crippen LogP contribution in [-0.4, -0.2) is 24.4 Å². The van der Waals surface area contributed by atoms with Crippen LogP contribution in [0.3, 0.4) is 0 Å². The highest BCUT2D eigenvalue weighted by Gasteiger charge is 2.39. The maximum Gasteiger partial charge on any atom is 0.227 e. The molecule has 3 heterocycles. The summed E-state index contributed by atoms with van der Waals surface area (Å²) in [7, 11) is 1.65. The van der Waals surface area contributed by atoms with Crippen LogP contribution in [0.15, 0.2) is 80.2 Å². The molecule has 2 unspecified atom stereocenters. The minimum atomic E-state index is -0.326. The number of aliphatic imine (C=N–C) groups is 1. The van der Waals surface area contributed by atoms with Crippen LogP contribution >= 0.6 is 11.8 Å². The minimum absolute atomic E-state index is 0.140. The second kappa shape index (κ2) is 6.53. The molecule has 0 spiro atoms. The average molecular weight is 414 g/mol. The van der Waals surface area contributed by atoms with Crippen molar-refractivity contribution in [2.45, 2.75) is 11.5 Å². The first-order chi connectivity index (χ1) is 14.7. The monoisotopic (exact) mass is 414 g/mol. The van der Waals surface area contributed by atoms with Gasteiger partial charge >= 0.3 is 0 Å². The van der Waals surface area contributed by atoms with Gasteiger partial charge in [0.1, 0.15) is 16.9 Å². The van der Waals surface area contributed by atoms with E-state index >= 15 is 0 Å². The molecule has 6 rings (SSSR count). The Morgan fingerprint density at radius 1 is 1.07 bits per heavy atom. The first-order valence-electron chi connectivity index (χ1n) is 9.63. The van der Waals surface area contributed by atoms with E-state index in [1.54, 1.807) is 25.1 Å². The fourth-order valence-corrected chi connectivity index (χ4v) is 5.28. The summed E-state index contributed by atoms with van der Waals surface area (Å²) in [4.78, 5) is 13.2. The van der Waals surface area contributed by atoms with Crippen LogP contribution < -0.4 is 26.1 Å². The number of fused-ring (bicyclic) bond motifs is 4. The topological polar surface area (TPSA) is 76.3 Å². The van der Waals surface area contributed by atoms with Gasteiger partial charge in [0.2, 0.25) is 5.55 Å². The van der Waals surface area contributed by atoms with Crippen molar-refractivity contribution in [3.8, 4) is 5.75 Å². The lowest BCUT2D eigenvalue weighted by Crippen LogP contribution is -2.50. The molecule has 148 valence electrons. The van der Waals surface area contributed by atoms with Crippen molar-refractivity contribution in [2.24, 2.45) is 15.7 Å². The van der Waals surface area contributed by atoms with E-state index in [4.69, 9.17) is 24.9 Å². The van der Waals surface area contributed by atoms with Crippen molar-refractivity contribution in [3.05, 3.63) is 87.7 Å². The molecule has 3 aromatic rings. The average Bonchev–Trinajstić information content (AvgIpc) is 3.48. The summed E-state index contributed by atoms with van der Waals surface area (Å²) in [6.45, 7) is 0. The van der Waals surface area contributed by atoms with Crippen molar-refractivity contribution in [1.82, 2.24) is 0 Å². The molecule has 1 aliphatic carbocycles. The molecule has 0 saturated heterocycles. The van der Waals surface area contributed by atoms with Gasteiger partial charge in [-0.2, -0.15) is 0 Å². The van der Waals surface area contributed by atoms with Gasteiger partial charge in [-0.1, -0.05) is 36.0 Å². The highest BCUT2D eigenvalue weighted by molar-refractivity contribution is 8.05. The van der Waals surface area contributed by atoms with Crippen molar-refractivity contribution in [3.63, 3.8) is 0 Å². The standard InChI is InChI=1S/C23H18N4O2S/c1-28-15-8-6-14(7-9-15)27-20(24)17-10-11-29-22(17)26-21(27)23-25-19-16-5-3-2-4-13(16)12-18(19)30-23/h2-12,21,23H,24H2,1H3. The van der Waals surface area contributed by atoms with Crippen LogP contribution in [0.1, 0.15) is 11.1 Å². The molecule has 2 N–H and O–H groups in total. The van der Waals surface area contributed by atoms with Gasteiger partial charge in [0, 0.05) is 16.2 Å². The Bertz CT molecular complexity index is 1340. The number of anilines is 1. The molecule has 2 aliphatic heterocycles. The third kappa shape index (κ3) is 2.52. The van der Waals surface area contributed by atoms with Crippen molar-refractivity contribution < 1.29 is 9.15 Å². The summed E-state index contributed by atoms with van der Waals surface area (Å²) >= 11 is 1.72. The molecule has 0 radical (unpaired) electrons.